The maximum absolute atomic E-state index is 12.1. The number of benzene rings is 1. The zero-order chi connectivity index (χ0) is 13.3. The highest BCUT2D eigenvalue weighted by atomic mass is 32.2. The number of fused-ring (bicyclic) bond motifs is 1. The van der Waals surface area contributed by atoms with Crippen LogP contribution in [0.5, 0.6) is 0 Å². The molecule has 0 fully saturated rings. The second kappa shape index (κ2) is 4.72. The van der Waals surface area contributed by atoms with Crippen molar-refractivity contribution in [2.45, 2.75) is 25.1 Å². The fourth-order valence-electron chi connectivity index (χ4n) is 2.12. The molecule has 0 aliphatic carbocycles. The monoisotopic (exact) mass is 267 g/mol. The van der Waals surface area contributed by atoms with Crippen LogP contribution >= 0.6 is 0 Å². The number of hydrogen-bond donors (Lipinski definition) is 0. The van der Waals surface area contributed by atoms with E-state index in [9.17, 15) is 13.2 Å². The molecule has 0 saturated heterocycles. The van der Waals surface area contributed by atoms with Crippen molar-refractivity contribution in [1.82, 2.24) is 4.90 Å². The van der Waals surface area contributed by atoms with E-state index in [2.05, 4.69) is 6.07 Å². The Bertz CT molecular complexity index is 565. The van der Waals surface area contributed by atoms with E-state index in [1.165, 1.54) is 12.5 Å². The number of carbonyl (C=O) groups excluding carboxylic acids is 1. The first-order valence-electron chi connectivity index (χ1n) is 5.94. The number of hydrogen-bond acceptors (Lipinski definition) is 3. The second-order valence-corrected chi connectivity index (χ2v) is 7.12. The van der Waals surface area contributed by atoms with E-state index in [1.807, 2.05) is 18.2 Å². The van der Waals surface area contributed by atoms with Gasteiger partial charge in [0, 0.05) is 19.3 Å². The average molecular weight is 267 g/mol. The van der Waals surface area contributed by atoms with Crippen molar-refractivity contribution in [3.05, 3.63) is 35.4 Å². The minimum absolute atomic E-state index is 0.299. The van der Waals surface area contributed by atoms with Gasteiger partial charge in [0.25, 0.3) is 0 Å². The molecule has 5 heteroatoms. The number of nitrogens with zero attached hydrogens (tertiary/aromatic N) is 1. The Balaban J connectivity index is 2.17. The molecule has 0 saturated carbocycles. The van der Waals surface area contributed by atoms with E-state index >= 15 is 0 Å². The predicted molar refractivity (Wildman–Crippen MR) is 69.9 cm³/mol. The van der Waals surface area contributed by atoms with Gasteiger partial charge in [-0.3, -0.25) is 4.79 Å². The minimum atomic E-state index is -3.32. The molecule has 0 N–H and O–H groups in total. The summed E-state index contributed by atoms with van der Waals surface area (Å²) >= 11 is 0. The van der Waals surface area contributed by atoms with Gasteiger partial charge in [0.2, 0.25) is 5.91 Å². The fraction of sp³-hybridized carbons (Fsp3) is 0.462. The summed E-state index contributed by atoms with van der Waals surface area (Å²) in [5.41, 5.74) is 2.35. The van der Waals surface area contributed by atoms with Crippen LogP contribution in [0.15, 0.2) is 24.3 Å². The highest BCUT2D eigenvalue weighted by molar-refractivity contribution is 7.92. The van der Waals surface area contributed by atoms with Crippen LogP contribution in [0, 0.1) is 0 Å². The fourth-order valence-corrected chi connectivity index (χ4v) is 2.64. The van der Waals surface area contributed by atoms with Crippen molar-refractivity contribution < 1.29 is 13.2 Å². The summed E-state index contributed by atoms with van der Waals surface area (Å²) in [6.07, 6.45) is 1.89. The summed E-state index contributed by atoms with van der Waals surface area (Å²) in [6, 6.07) is 7.96. The predicted octanol–water partition coefficient (Wildman–Crippen LogP) is 1.00. The van der Waals surface area contributed by atoms with Gasteiger partial charge in [-0.1, -0.05) is 24.3 Å². The summed E-state index contributed by atoms with van der Waals surface area (Å²) in [6.45, 7) is 2.56. The maximum atomic E-state index is 12.1. The molecule has 1 aromatic rings. The zero-order valence-electron chi connectivity index (χ0n) is 10.6. The Kier molecular flexibility index (Phi) is 3.43. The van der Waals surface area contributed by atoms with Crippen LogP contribution in [-0.2, 0) is 27.6 Å². The molecule has 1 aliphatic rings. The van der Waals surface area contributed by atoms with Gasteiger partial charge in [0.05, 0.1) is 0 Å². The Morgan fingerprint density at radius 1 is 1.28 bits per heavy atom. The number of rotatable bonds is 2. The van der Waals surface area contributed by atoms with E-state index in [0.29, 0.717) is 13.1 Å². The first kappa shape index (κ1) is 13.1. The Morgan fingerprint density at radius 3 is 2.50 bits per heavy atom. The molecule has 1 aliphatic heterocycles. The third kappa shape index (κ3) is 2.56. The van der Waals surface area contributed by atoms with Crippen molar-refractivity contribution in [2.75, 3.05) is 12.8 Å². The molecule has 1 atom stereocenters. The SMILES string of the molecule is C[C@H](C(=O)N1CCc2ccccc2C1)S(C)(=O)=O. The van der Waals surface area contributed by atoms with Gasteiger partial charge >= 0.3 is 0 Å². The third-order valence-corrected chi connectivity index (χ3v) is 4.92. The number of carbonyl (C=O) groups is 1. The standard InChI is InChI=1S/C13H17NO3S/c1-10(18(2,16)17)13(15)14-8-7-11-5-3-4-6-12(11)9-14/h3-6,10H,7-9H2,1-2H3/t10-/m1/s1. The van der Waals surface area contributed by atoms with Gasteiger partial charge < -0.3 is 4.90 Å². The second-order valence-electron chi connectivity index (χ2n) is 4.75. The van der Waals surface area contributed by atoms with Gasteiger partial charge in [-0.25, -0.2) is 8.42 Å². The van der Waals surface area contributed by atoms with Crippen molar-refractivity contribution >= 4 is 15.7 Å². The highest BCUT2D eigenvalue weighted by Gasteiger charge is 2.30. The van der Waals surface area contributed by atoms with Crippen LogP contribution in [0.3, 0.4) is 0 Å². The zero-order valence-corrected chi connectivity index (χ0v) is 11.4. The van der Waals surface area contributed by atoms with E-state index in [0.717, 1.165) is 18.2 Å². The van der Waals surface area contributed by atoms with Gasteiger partial charge in [0.1, 0.15) is 5.25 Å². The van der Waals surface area contributed by atoms with Crippen LogP contribution in [-0.4, -0.2) is 37.3 Å². The lowest BCUT2D eigenvalue weighted by atomic mass is 10.00. The van der Waals surface area contributed by atoms with E-state index in [-0.39, 0.29) is 5.91 Å². The normalized spacial score (nSPS) is 17.1. The first-order chi connectivity index (χ1) is 8.39. The van der Waals surface area contributed by atoms with Crippen molar-refractivity contribution in [3.63, 3.8) is 0 Å². The van der Waals surface area contributed by atoms with Crippen molar-refractivity contribution in [3.8, 4) is 0 Å². The van der Waals surface area contributed by atoms with Crippen LogP contribution in [0.4, 0.5) is 0 Å². The molecule has 98 valence electrons. The summed E-state index contributed by atoms with van der Waals surface area (Å²) in [4.78, 5) is 13.7. The topological polar surface area (TPSA) is 54.5 Å². The van der Waals surface area contributed by atoms with Crippen LogP contribution < -0.4 is 0 Å². The molecule has 0 spiro atoms. The molecule has 0 bridgehead atoms. The summed E-state index contributed by atoms with van der Waals surface area (Å²) in [5, 5.41) is -0.956. The van der Waals surface area contributed by atoms with Gasteiger partial charge in [-0.2, -0.15) is 0 Å². The van der Waals surface area contributed by atoms with Crippen LogP contribution in [0.2, 0.25) is 0 Å². The molecule has 1 amide bonds. The molecule has 0 unspecified atom stereocenters. The summed E-state index contributed by atoms with van der Waals surface area (Å²) < 4.78 is 22.8. The third-order valence-electron chi connectivity index (χ3n) is 3.43. The molecule has 0 radical (unpaired) electrons. The Hall–Kier alpha value is -1.36. The lowest BCUT2D eigenvalue weighted by Crippen LogP contribution is -2.43. The summed E-state index contributed by atoms with van der Waals surface area (Å²) in [5.74, 6) is -0.299. The smallest absolute Gasteiger partial charge is 0.240 e. The lowest BCUT2D eigenvalue weighted by Gasteiger charge is -2.30. The molecule has 18 heavy (non-hydrogen) atoms. The summed E-state index contributed by atoms with van der Waals surface area (Å²) in [7, 11) is -3.32. The molecular formula is C13H17NO3S. The molecule has 4 nitrogen and oxygen atoms in total. The lowest BCUT2D eigenvalue weighted by molar-refractivity contribution is -0.131. The Morgan fingerprint density at radius 2 is 1.89 bits per heavy atom. The first-order valence-corrected chi connectivity index (χ1v) is 7.89. The van der Waals surface area contributed by atoms with Crippen molar-refractivity contribution in [1.29, 1.82) is 0 Å². The van der Waals surface area contributed by atoms with Gasteiger partial charge in [-0.05, 0) is 24.5 Å². The molecule has 2 rings (SSSR count). The van der Waals surface area contributed by atoms with Crippen LogP contribution in [0.25, 0.3) is 0 Å². The van der Waals surface area contributed by atoms with E-state index in [4.69, 9.17) is 0 Å². The average Bonchev–Trinajstić information content (AvgIpc) is 2.35. The largest absolute Gasteiger partial charge is 0.337 e. The highest BCUT2D eigenvalue weighted by Crippen LogP contribution is 2.19. The number of amides is 1. The molecule has 0 aromatic heterocycles. The van der Waals surface area contributed by atoms with E-state index in [1.54, 1.807) is 4.90 Å². The minimum Gasteiger partial charge on any atom is -0.337 e. The van der Waals surface area contributed by atoms with Crippen LogP contribution in [0.1, 0.15) is 18.1 Å². The molecule has 1 heterocycles. The quantitative estimate of drug-likeness (QED) is 0.803. The van der Waals surface area contributed by atoms with Gasteiger partial charge in [0.15, 0.2) is 9.84 Å². The Labute approximate surface area is 108 Å². The molecular weight excluding hydrogens is 250 g/mol. The molecule has 1 aromatic carbocycles. The van der Waals surface area contributed by atoms with Gasteiger partial charge in [-0.15, -0.1) is 0 Å². The number of sulfone groups is 1. The van der Waals surface area contributed by atoms with E-state index < -0.39 is 15.1 Å². The van der Waals surface area contributed by atoms with Crippen molar-refractivity contribution in [2.24, 2.45) is 0 Å². The maximum Gasteiger partial charge on any atom is 0.240 e.